The fourth-order valence-electron chi connectivity index (χ4n) is 0.304. The van der Waals surface area contributed by atoms with Gasteiger partial charge in [-0.1, -0.05) is 0 Å². The zero-order valence-corrected chi connectivity index (χ0v) is 10.7. The molecule has 1 heterocycles. The summed E-state index contributed by atoms with van der Waals surface area (Å²) in [5.74, 6) is 0. The van der Waals surface area contributed by atoms with Crippen molar-refractivity contribution in [2.75, 3.05) is 0 Å². The number of rotatable bonds is 0. The Morgan fingerprint density at radius 2 is 2.00 bits per heavy atom. The second kappa shape index (κ2) is 6.50. The molecule has 0 aromatic carbocycles. The first kappa shape index (κ1) is 12.1. The van der Waals surface area contributed by atoms with Crippen molar-refractivity contribution >= 4 is 4.25 Å². The molecule has 1 N–H and O–H groups in total. The van der Waals surface area contributed by atoms with Crippen molar-refractivity contribution in [2.24, 2.45) is 0 Å². The Morgan fingerprint density at radius 1 is 1.38 bits per heavy atom. The van der Waals surface area contributed by atoms with Crippen LogP contribution in [0.25, 0.3) is 0 Å². The third-order valence-electron chi connectivity index (χ3n) is 0.552. The van der Waals surface area contributed by atoms with E-state index in [4.69, 9.17) is 0 Å². The first-order valence-corrected chi connectivity index (χ1v) is 2.94. The molecule has 0 spiro atoms. The number of hydrogen-bond donors (Lipinski definition) is 1. The molecule has 0 fully saturated rings. The predicted molar refractivity (Wildman–Crippen MR) is 20.4 cm³/mol. The van der Waals surface area contributed by atoms with Crippen LogP contribution in [0.5, 0.6) is 0 Å². The van der Waals surface area contributed by atoms with Crippen LogP contribution in [0.3, 0.4) is 0 Å². The van der Waals surface area contributed by atoms with Gasteiger partial charge in [0.2, 0.25) is 0 Å². The predicted octanol–water partition coefficient (Wildman–Crippen LogP) is -5.81. The van der Waals surface area contributed by atoms with Gasteiger partial charge in [-0.25, -0.2) is 0 Å². The van der Waals surface area contributed by atoms with Crippen LogP contribution in [-0.4, -0.2) is 4.98 Å². The molecular formula is C4H4I2NOs. The monoisotopic (exact) mass is 512 g/mol. The van der Waals surface area contributed by atoms with Gasteiger partial charge < -0.3 is 48.0 Å². The van der Waals surface area contributed by atoms with Crippen LogP contribution in [0.4, 0.5) is 0 Å². The van der Waals surface area contributed by atoms with Gasteiger partial charge in [-0.2, -0.15) is 0 Å². The van der Waals surface area contributed by atoms with E-state index in [2.05, 4.69) is 4.98 Å². The van der Waals surface area contributed by atoms with E-state index in [9.17, 15) is 0 Å². The van der Waals surface area contributed by atoms with Crippen LogP contribution in [0, 0.1) is 0 Å². The molecule has 0 radical (unpaired) electrons. The molecule has 1 rings (SSSR count). The van der Waals surface area contributed by atoms with E-state index in [1.54, 1.807) is 0 Å². The Morgan fingerprint density at radius 3 is 2.12 bits per heavy atom. The molecule has 0 amide bonds. The Labute approximate surface area is 93.0 Å². The zero-order valence-electron chi connectivity index (χ0n) is 3.84. The van der Waals surface area contributed by atoms with Gasteiger partial charge in [-0.05, 0) is 0 Å². The van der Waals surface area contributed by atoms with E-state index in [1.807, 2.05) is 36.9 Å². The average Bonchev–Trinajstić information content (AvgIpc) is 1.86. The van der Waals surface area contributed by atoms with E-state index >= 15 is 0 Å². The van der Waals surface area contributed by atoms with E-state index in [0.717, 1.165) is 0 Å². The summed E-state index contributed by atoms with van der Waals surface area (Å²) in [6.45, 7) is 0. The maximum atomic E-state index is 3.01. The van der Waals surface area contributed by atoms with E-state index in [-0.39, 0.29) is 48.0 Å². The van der Waals surface area contributed by atoms with E-state index < -0.39 is 0 Å². The minimum atomic E-state index is 0. The van der Waals surface area contributed by atoms with Gasteiger partial charge in [0, 0.05) is 0 Å². The number of aromatic amines is 1. The van der Waals surface area contributed by atoms with Crippen LogP contribution in [-0.2, 0) is 18.6 Å². The SMILES string of the molecule is [I-].[I-].[Os+2][c]1ccc[nH]1. The molecule has 4 heteroatoms. The zero-order chi connectivity index (χ0) is 4.41. The van der Waals surface area contributed by atoms with Crippen molar-refractivity contribution in [3.8, 4) is 0 Å². The van der Waals surface area contributed by atoms with Crippen molar-refractivity contribution in [1.82, 2.24) is 4.98 Å². The van der Waals surface area contributed by atoms with Gasteiger partial charge in [-0.3, -0.25) is 0 Å². The first-order chi connectivity index (χ1) is 2.89. The number of aromatic nitrogens is 1. The quantitative estimate of drug-likeness (QED) is 0.336. The number of H-pyrrole nitrogens is 1. The van der Waals surface area contributed by atoms with E-state index in [1.165, 1.54) is 4.25 Å². The van der Waals surface area contributed by atoms with Crippen LogP contribution in [0.1, 0.15) is 0 Å². The third-order valence-corrected chi connectivity index (χ3v) is 1.34. The summed E-state index contributed by atoms with van der Waals surface area (Å²) in [7, 11) is 0. The summed E-state index contributed by atoms with van der Waals surface area (Å²) in [4.78, 5) is 3.01. The van der Waals surface area contributed by atoms with Crippen molar-refractivity contribution in [3.63, 3.8) is 0 Å². The van der Waals surface area contributed by atoms with Gasteiger partial charge in [0.15, 0.2) is 0 Å². The van der Waals surface area contributed by atoms with Crippen LogP contribution in [0.15, 0.2) is 18.3 Å². The molecule has 0 aliphatic heterocycles. The Bertz CT molecular complexity index is 118. The number of nitrogens with one attached hydrogen (secondary N) is 1. The number of halogens is 2. The summed E-state index contributed by atoms with van der Waals surface area (Å²) in [5.41, 5.74) is 0. The molecule has 0 saturated heterocycles. The second-order valence-corrected chi connectivity index (χ2v) is 2.37. The molecule has 1 nitrogen and oxygen atoms in total. The maximum absolute atomic E-state index is 3.01. The molecule has 0 saturated carbocycles. The summed E-state index contributed by atoms with van der Waals surface area (Å²) >= 11 is 1.85. The molecule has 0 aliphatic carbocycles. The summed E-state index contributed by atoms with van der Waals surface area (Å²) in [6.07, 6.45) is 1.92. The Kier molecular flexibility index (Phi) is 9.82. The van der Waals surface area contributed by atoms with Crippen LogP contribution in [0.2, 0.25) is 0 Å². The molecule has 1 aromatic heterocycles. The fourth-order valence-corrected chi connectivity index (χ4v) is 0.760. The summed E-state index contributed by atoms with van der Waals surface area (Å²) in [5, 5.41) is 0. The van der Waals surface area contributed by atoms with Gasteiger partial charge in [-0.15, -0.1) is 0 Å². The van der Waals surface area contributed by atoms with Gasteiger partial charge >= 0.3 is 46.2 Å². The summed E-state index contributed by atoms with van der Waals surface area (Å²) < 4.78 is 1.25. The molecule has 0 aliphatic rings. The molecule has 0 unspecified atom stereocenters. The van der Waals surface area contributed by atoms with Crippen LogP contribution < -0.4 is 52.2 Å². The normalized spacial score (nSPS) is 6.50. The molecule has 0 atom stereocenters. The fraction of sp³-hybridized carbons (Fsp3) is 0. The third kappa shape index (κ3) is 4.27. The van der Waals surface area contributed by atoms with Crippen molar-refractivity contribution in [3.05, 3.63) is 18.3 Å². The molecule has 0 bridgehead atoms. The van der Waals surface area contributed by atoms with Gasteiger partial charge in [0.05, 0.1) is 0 Å². The first-order valence-electron chi connectivity index (χ1n) is 1.67. The molecule has 8 heavy (non-hydrogen) atoms. The molecule has 1 aromatic rings. The van der Waals surface area contributed by atoms with E-state index in [0.29, 0.717) is 0 Å². The summed E-state index contributed by atoms with van der Waals surface area (Å²) in [6, 6.07) is 4.03. The standard InChI is InChI=1S/C4H4N.2HI.Os/c1-2-4-5-3-1;;;/h1-3,5H;2*1H;/q;;;+2/p-2. The van der Waals surface area contributed by atoms with Crippen molar-refractivity contribution < 1.29 is 66.6 Å². The Hall–Kier alpha value is 1.38. The Balaban J connectivity index is 0. The van der Waals surface area contributed by atoms with Gasteiger partial charge in [0.1, 0.15) is 0 Å². The van der Waals surface area contributed by atoms with Gasteiger partial charge in [0.25, 0.3) is 0 Å². The minimum absolute atomic E-state index is 0. The van der Waals surface area contributed by atoms with Crippen LogP contribution >= 0.6 is 0 Å². The molecule has 47 valence electrons. The topological polar surface area (TPSA) is 15.8 Å². The second-order valence-electron chi connectivity index (χ2n) is 1.00. The van der Waals surface area contributed by atoms with Crippen molar-refractivity contribution in [1.29, 1.82) is 0 Å². The average molecular weight is 510 g/mol. The number of hydrogen-bond acceptors (Lipinski definition) is 0. The van der Waals surface area contributed by atoms with Crippen molar-refractivity contribution in [2.45, 2.75) is 0 Å². The molecular weight excluding hydrogens is 506 g/mol.